The van der Waals surface area contributed by atoms with Gasteiger partial charge in [-0.2, -0.15) is 4.31 Å². The highest BCUT2D eigenvalue weighted by molar-refractivity contribution is 7.89. The first-order valence-corrected chi connectivity index (χ1v) is 11.9. The smallest absolute Gasteiger partial charge is 0.255 e. The van der Waals surface area contributed by atoms with Crippen LogP contribution in [0.15, 0.2) is 46.8 Å². The van der Waals surface area contributed by atoms with Crippen LogP contribution in [0.5, 0.6) is 0 Å². The quantitative estimate of drug-likeness (QED) is 0.604. The van der Waals surface area contributed by atoms with Crippen LogP contribution in [0.1, 0.15) is 17.3 Å². The Bertz CT molecular complexity index is 1170. The Balaban J connectivity index is 1.64. The van der Waals surface area contributed by atoms with E-state index < -0.39 is 10.0 Å². The van der Waals surface area contributed by atoms with Crippen molar-refractivity contribution >= 4 is 48.9 Å². The molecule has 1 saturated heterocycles. The lowest BCUT2D eigenvalue weighted by Crippen LogP contribution is -2.40. The molecule has 3 aromatic rings. The number of hydrogen-bond donors (Lipinski definition) is 2. The molecule has 2 aromatic carbocycles. The van der Waals surface area contributed by atoms with Gasteiger partial charge in [0.1, 0.15) is 0 Å². The van der Waals surface area contributed by atoms with Gasteiger partial charge < -0.3 is 15.4 Å². The fourth-order valence-electron chi connectivity index (χ4n) is 3.26. The van der Waals surface area contributed by atoms with E-state index in [0.29, 0.717) is 49.8 Å². The summed E-state index contributed by atoms with van der Waals surface area (Å²) in [5, 5.41) is 6.02. The van der Waals surface area contributed by atoms with Crippen molar-refractivity contribution < 1.29 is 17.9 Å². The number of carbonyl (C=O) groups is 1. The largest absolute Gasteiger partial charge is 0.384 e. The summed E-state index contributed by atoms with van der Waals surface area (Å²) in [6, 6.07) is 10.0. The molecule has 30 heavy (non-hydrogen) atoms. The second-order valence-corrected chi connectivity index (χ2v) is 9.57. The summed E-state index contributed by atoms with van der Waals surface area (Å²) in [5.74, 6) is -0.314. The highest BCUT2D eigenvalue weighted by atomic mass is 32.2. The van der Waals surface area contributed by atoms with Crippen molar-refractivity contribution in [2.45, 2.75) is 11.8 Å². The number of aromatic nitrogens is 1. The lowest BCUT2D eigenvalue weighted by Gasteiger charge is -2.26. The minimum absolute atomic E-state index is 0.138. The highest BCUT2D eigenvalue weighted by Crippen LogP contribution is 2.28. The molecule has 0 saturated carbocycles. The third-order valence-corrected chi connectivity index (χ3v) is 7.49. The van der Waals surface area contributed by atoms with Gasteiger partial charge in [0.2, 0.25) is 10.0 Å². The lowest BCUT2D eigenvalue weighted by molar-refractivity contribution is 0.0730. The topological polar surface area (TPSA) is 101 Å². The van der Waals surface area contributed by atoms with Crippen LogP contribution in [-0.4, -0.2) is 56.5 Å². The lowest BCUT2D eigenvalue weighted by atomic mass is 10.2. The maximum atomic E-state index is 13.0. The number of ether oxygens (including phenoxy) is 1. The Morgan fingerprint density at radius 3 is 2.73 bits per heavy atom. The number of thiazole rings is 1. The van der Waals surface area contributed by atoms with E-state index in [1.165, 1.54) is 21.7 Å². The van der Waals surface area contributed by atoms with E-state index >= 15 is 0 Å². The zero-order valence-corrected chi connectivity index (χ0v) is 18.1. The second-order valence-electron chi connectivity index (χ2n) is 6.74. The van der Waals surface area contributed by atoms with Gasteiger partial charge >= 0.3 is 0 Å². The number of sulfonamides is 1. The van der Waals surface area contributed by atoms with E-state index in [1.807, 2.05) is 6.92 Å². The molecular formula is C20H22N4O4S2. The first-order chi connectivity index (χ1) is 14.5. The van der Waals surface area contributed by atoms with Crippen LogP contribution < -0.4 is 10.6 Å². The first-order valence-electron chi connectivity index (χ1n) is 9.59. The molecule has 4 rings (SSSR count). The van der Waals surface area contributed by atoms with Crippen molar-refractivity contribution in [2.75, 3.05) is 43.5 Å². The third kappa shape index (κ3) is 4.17. The summed E-state index contributed by atoms with van der Waals surface area (Å²) < 4.78 is 33.6. The van der Waals surface area contributed by atoms with Gasteiger partial charge in [-0.05, 0) is 43.3 Å². The average Bonchev–Trinajstić information content (AvgIpc) is 3.23. The molecule has 158 valence electrons. The molecule has 1 aliphatic rings. The molecule has 2 heterocycles. The Kier molecular flexibility index (Phi) is 6.00. The van der Waals surface area contributed by atoms with Crippen LogP contribution in [-0.2, 0) is 14.8 Å². The second kappa shape index (κ2) is 8.68. The molecule has 1 aromatic heterocycles. The molecule has 0 bridgehead atoms. The molecular weight excluding hydrogens is 424 g/mol. The van der Waals surface area contributed by atoms with Gasteiger partial charge in [-0.3, -0.25) is 4.79 Å². The average molecular weight is 447 g/mol. The van der Waals surface area contributed by atoms with Crippen molar-refractivity contribution in [1.82, 2.24) is 9.29 Å². The molecule has 10 heteroatoms. The van der Waals surface area contributed by atoms with Crippen molar-refractivity contribution in [3.05, 3.63) is 47.5 Å². The number of fused-ring (bicyclic) bond motifs is 1. The number of amides is 1. The van der Waals surface area contributed by atoms with Crippen molar-refractivity contribution in [2.24, 2.45) is 0 Å². The van der Waals surface area contributed by atoms with Crippen LogP contribution in [0, 0.1) is 0 Å². The maximum absolute atomic E-state index is 13.0. The molecule has 8 nitrogen and oxygen atoms in total. The van der Waals surface area contributed by atoms with E-state index in [2.05, 4.69) is 15.6 Å². The Morgan fingerprint density at radius 2 is 1.97 bits per heavy atom. The summed E-state index contributed by atoms with van der Waals surface area (Å²) in [6.45, 7) is 3.94. The van der Waals surface area contributed by atoms with E-state index in [4.69, 9.17) is 4.74 Å². The summed E-state index contributed by atoms with van der Waals surface area (Å²) in [5.41, 5.74) is 4.13. The monoisotopic (exact) mass is 446 g/mol. The normalized spacial score (nSPS) is 15.2. The summed E-state index contributed by atoms with van der Waals surface area (Å²) >= 11 is 1.46. The third-order valence-electron chi connectivity index (χ3n) is 4.81. The minimum Gasteiger partial charge on any atom is -0.384 e. The molecule has 0 unspecified atom stereocenters. The molecule has 0 radical (unpaired) electrons. The first kappa shape index (κ1) is 20.7. The predicted octanol–water partition coefficient (Wildman–Crippen LogP) is 3.00. The Morgan fingerprint density at radius 1 is 1.17 bits per heavy atom. The summed E-state index contributed by atoms with van der Waals surface area (Å²) in [7, 11) is -3.67. The van der Waals surface area contributed by atoms with Gasteiger partial charge in [-0.15, -0.1) is 11.3 Å². The standard InChI is InChI=1S/C20H22N4O4S2/c1-2-21-16-6-4-15(30(26,27)24-7-9-28-10-8-24)12-18(16)23-20(25)14-3-5-17-19(11-14)29-13-22-17/h3-6,11-13,21H,2,7-10H2,1H3,(H,23,25). The van der Waals surface area contributed by atoms with Crippen LogP contribution in [0.4, 0.5) is 11.4 Å². The van der Waals surface area contributed by atoms with Gasteiger partial charge in [-0.25, -0.2) is 13.4 Å². The van der Waals surface area contributed by atoms with E-state index in [9.17, 15) is 13.2 Å². The van der Waals surface area contributed by atoms with Gasteiger partial charge in [0.05, 0.1) is 45.2 Å². The van der Waals surface area contributed by atoms with Crippen LogP contribution in [0.25, 0.3) is 10.2 Å². The van der Waals surface area contributed by atoms with E-state index in [1.54, 1.807) is 35.8 Å². The van der Waals surface area contributed by atoms with Gasteiger partial charge in [0, 0.05) is 25.2 Å². The Labute approximate surface area is 178 Å². The molecule has 1 amide bonds. The van der Waals surface area contributed by atoms with E-state index in [-0.39, 0.29) is 10.8 Å². The highest BCUT2D eigenvalue weighted by Gasteiger charge is 2.27. The number of morpholine rings is 1. The van der Waals surface area contributed by atoms with E-state index in [0.717, 1.165) is 10.2 Å². The molecule has 0 aliphatic carbocycles. The number of nitrogens with zero attached hydrogens (tertiary/aromatic N) is 2. The van der Waals surface area contributed by atoms with Crippen LogP contribution >= 0.6 is 11.3 Å². The molecule has 2 N–H and O–H groups in total. The molecule has 1 aliphatic heterocycles. The van der Waals surface area contributed by atoms with Crippen LogP contribution in [0.3, 0.4) is 0 Å². The number of anilines is 2. The van der Waals surface area contributed by atoms with Crippen LogP contribution in [0.2, 0.25) is 0 Å². The minimum atomic E-state index is -3.67. The molecule has 0 spiro atoms. The van der Waals surface area contributed by atoms with Crippen molar-refractivity contribution in [3.63, 3.8) is 0 Å². The fourth-order valence-corrected chi connectivity index (χ4v) is 5.41. The zero-order valence-electron chi connectivity index (χ0n) is 16.4. The molecule has 1 fully saturated rings. The Hall–Kier alpha value is -2.53. The summed E-state index contributed by atoms with van der Waals surface area (Å²) in [6.07, 6.45) is 0. The number of rotatable bonds is 6. The van der Waals surface area contributed by atoms with Gasteiger partial charge in [-0.1, -0.05) is 0 Å². The maximum Gasteiger partial charge on any atom is 0.255 e. The predicted molar refractivity (Wildman–Crippen MR) is 118 cm³/mol. The SMILES string of the molecule is CCNc1ccc(S(=O)(=O)N2CCOCC2)cc1NC(=O)c1ccc2ncsc2c1. The van der Waals surface area contributed by atoms with Gasteiger partial charge in [0.25, 0.3) is 5.91 Å². The number of benzene rings is 2. The van der Waals surface area contributed by atoms with Crippen molar-refractivity contribution in [1.29, 1.82) is 0 Å². The van der Waals surface area contributed by atoms with Crippen molar-refractivity contribution in [3.8, 4) is 0 Å². The number of carbonyl (C=O) groups excluding carboxylic acids is 1. The number of nitrogens with one attached hydrogen (secondary N) is 2. The molecule has 0 atom stereocenters. The zero-order chi connectivity index (χ0) is 21.1. The van der Waals surface area contributed by atoms with Gasteiger partial charge in [0.15, 0.2) is 0 Å². The summed E-state index contributed by atoms with van der Waals surface area (Å²) in [4.78, 5) is 17.2. The number of hydrogen-bond acceptors (Lipinski definition) is 7. The fraction of sp³-hybridized carbons (Fsp3) is 0.300.